The van der Waals surface area contributed by atoms with E-state index in [9.17, 15) is 18.4 Å². The van der Waals surface area contributed by atoms with Gasteiger partial charge in [0.2, 0.25) is 0 Å². The predicted octanol–water partition coefficient (Wildman–Crippen LogP) is 1.32. The topological polar surface area (TPSA) is 75.6 Å². The van der Waals surface area contributed by atoms with Gasteiger partial charge in [-0.15, -0.1) is 0 Å². The quantitative estimate of drug-likeness (QED) is 0.855. The molecule has 0 spiro atoms. The van der Waals surface area contributed by atoms with E-state index < -0.39 is 36.0 Å². The minimum absolute atomic E-state index is 0.190. The number of ether oxygens (including phenoxy) is 1. The molecule has 108 valence electrons. The molecular weight excluding hydrogens is 272 g/mol. The van der Waals surface area contributed by atoms with Gasteiger partial charge in [0.15, 0.2) is 18.2 Å². The standard InChI is InChI=1S/C13H13F2NO4/c14-8-1-2-11(10(15)5-8)20-6-12(17)16-9-3-7(4-9)13(18)19/h1-2,5,7,9H,3-4,6H2,(H,16,17)(H,18,19). The minimum Gasteiger partial charge on any atom is -0.481 e. The maximum atomic E-state index is 13.2. The van der Waals surface area contributed by atoms with E-state index in [0.29, 0.717) is 18.9 Å². The molecule has 0 saturated heterocycles. The normalized spacial score (nSPS) is 20.9. The molecule has 1 saturated carbocycles. The molecule has 5 nitrogen and oxygen atoms in total. The third kappa shape index (κ3) is 3.43. The Morgan fingerprint density at radius 1 is 1.35 bits per heavy atom. The van der Waals surface area contributed by atoms with Crippen molar-refractivity contribution < 1.29 is 28.2 Å². The number of nitrogens with one attached hydrogen (secondary N) is 1. The number of carboxylic acid groups (broad SMARTS) is 1. The van der Waals surface area contributed by atoms with E-state index >= 15 is 0 Å². The van der Waals surface area contributed by atoms with Gasteiger partial charge < -0.3 is 15.2 Å². The van der Waals surface area contributed by atoms with Crippen molar-refractivity contribution in [1.29, 1.82) is 0 Å². The van der Waals surface area contributed by atoms with Gasteiger partial charge in [0.05, 0.1) is 5.92 Å². The van der Waals surface area contributed by atoms with Crippen LogP contribution >= 0.6 is 0 Å². The van der Waals surface area contributed by atoms with Crippen LogP contribution in [-0.4, -0.2) is 29.6 Å². The highest BCUT2D eigenvalue weighted by Gasteiger charge is 2.35. The zero-order chi connectivity index (χ0) is 14.7. The Morgan fingerprint density at radius 2 is 2.05 bits per heavy atom. The molecule has 0 radical (unpaired) electrons. The number of hydrogen-bond donors (Lipinski definition) is 2. The Kier molecular flexibility index (Phi) is 4.16. The van der Waals surface area contributed by atoms with E-state index in [1.54, 1.807) is 0 Å². The summed E-state index contributed by atoms with van der Waals surface area (Å²) in [7, 11) is 0. The number of carboxylic acids is 1. The summed E-state index contributed by atoms with van der Waals surface area (Å²) < 4.78 is 30.8. The molecule has 0 aromatic heterocycles. The third-order valence-corrected chi connectivity index (χ3v) is 3.11. The summed E-state index contributed by atoms with van der Waals surface area (Å²) in [6.07, 6.45) is 0.762. The maximum absolute atomic E-state index is 13.2. The first-order chi connectivity index (χ1) is 9.45. The highest BCUT2D eigenvalue weighted by Crippen LogP contribution is 2.27. The van der Waals surface area contributed by atoms with Crippen LogP contribution in [0.3, 0.4) is 0 Å². The molecule has 2 N–H and O–H groups in total. The van der Waals surface area contributed by atoms with Crippen molar-refractivity contribution >= 4 is 11.9 Å². The van der Waals surface area contributed by atoms with Crippen LogP contribution in [0.1, 0.15) is 12.8 Å². The first kappa shape index (κ1) is 14.2. The molecule has 20 heavy (non-hydrogen) atoms. The summed E-state index contributed by atoms with van der Waals surface area (Å²) in [6.45, 7) is -0.406. The first-order valence-corrected chi connectivity index (χ1v) is 6.05. The van der Waals surface area contributed by atoms with Crippen molar-refractivity contribution in [2.75, 3.05) is 6.61 Å². The van der Waals surface area contributed by atoms with Gasteiger partial charge in [0.25, 0.3) is 5.91 Å². The third-order valence-electron chi connectivity index (χ3n) is 3.11. The second-order valence-electron chi connectivity index (χ2n) is 4.63. The van der Waals surface area contributed by atoms with E-state index in [1.807, 2.05) is 0 Å². The second kappa shape index (κ2) is 5.85. The van der Waals surface area contributed by atoms with Crippen molar-refractivity contribution in [2.24, 2.45) is 5.92 Å². The molecular formula is C13H13F2NO4. The molecule has 7 heteroatoms. The molecule has 0 unspecified atom stereocenters. The van der Waals surface area contributed by atoms with E-state index in [-0.39, 0.29) is 11.8 Å². The van der Waals surface area contributed by atoms with Crippen LogP contribution in [0.25, 0.3) is 0 Å². The van der Waals surface area contributed by atoms with Crippen molar-refractivity contribution in [3.63, 3.8) is 0 Å². The number of carbonyl (C=O) groups is 2. The SMILES string of the molecule is O=C(COc1ccc(F)cc1F)NC1CC(C(=O)O)C1. The molecule has 1 aliphatic rings. The molecule has 1 aromatic rings. The molecule has 0 heterocycles. The molecule has 0 bridgehead atoms. The molecule has 0 aliphatic heterocycles. The van der Waals surface area contributed by atoms with Gasteiger partial charge in [-0.3, -0.25) is 9.59 Å². The predicted molar refractivity (Wildman–Crippen MR) is 64.1 cm³/mol. The van der Waals surface area contributed by atoms with Gasteiger partial charge in [0.1, 0.15) is 5.82 Å². The average molecular weight is 285 g/mol. The Morgan fingerprint density at radius 3 is 2.65 bits per heavy atom. The molecule has 1 aliphatic carbocycles. The smallest absolute Gasteiger partial charge is 0.306 e. The van der Waals surface area contributed by atoms with Gasteiger partial charge in [-0.2, -0.15) is 0 Å². The fourth-order valence-electron chi connectivity index (χ4n) is 1.94. The van der Waals surface area contributed by atoms with Crippen LogP contribution in [0.5, 0.6) is 5.75 Å². The Labute approximate surface area is 113 Å². The van der Waals surface area contributed by atoms with Gasteiger partial charge in [-0.05, 0) is 25.0 Å². The second-order valence-corrected chi connectivity index (χ2v) is 4.63. The fraction of sp³-hybridized carbons (Fsp3) is 0.385. The van der Waals surface area contributed by atoms with Crippen LogP contribution < -0.4 is 10.1 Å². The van der Waals surface area contributed by atoms with E-state index in [2.05, 4.69) is 5.32 Å². The lowest BCUT2D eigenvalue weighted by atomic mass is 9.80. The average Bonchev–Trinajstić information content (AvgIpc) is 2.31. The maximum Gasteiger partial charge on any atom is 0.306 e. The molecule has 0 atom stereocenters. The minimum atomic E-state index is -0.882. The number of hydrogen-bond acceptors (Lipinski definition) is 3. The lowest BCUT2D eigenvalue weighted by Gasteiger charge is -2.32. The monoisotopic (exact) mass is 285 g/mol. The number of halogens is 2. The number of rotatable bonds is 5. The van der Waals surface area contributed by atoms with Gasteiger partial charge in [0, 0.05) is 12.1 Å². The van der Waals surface area contributed by atoms with Crippen LogP contribution in [0.15, 0.2) is 18.2 Å². The van der Waals surface area contributed by atoms with E-state index in [1.165, 1.54) is 0 Å². The summed E-state index contributed by atoms with van der Waals surface area (Å²) in [5, 5.41) is 11.3. The fourth-order valence-corrected chi connectivity index (χ4v) is 1.94. The zero-order valence-electron chi connectivity index (χ0n) is 10.4. The van der Waals surface area contributed by atoms with Crippen molar-refractivity contribution in [2.45, 2.75) is 18.9 Å². The summed E-state index contributed by atoms with van der Waals surface area (Å²) in [4.78, 5) is 22.1. The molecule has 1 amide bonds. The van der Waals surface area contributed by atoms with E-state index in [0.717, 1.165) is 12.1 Å². The van der Waals surface area contributed by atoms with Crippen LogP contribution in [-0.2, 0) is 9.59 Å². The van der Waals surface area contributed by atoms with Gasteiger partial charge in [-0.1, -0.05) is 0 Å². The van der Waals surface area contributed by atoms with Crippen molar-refractivity contribution in [1.82, 2.24) is 5.32 Å². The highest BCUT2D eigenvalue weighted by molar-refractivity contribution is 5.78. The molecule has 2 rings (SSSR count). The van der Waals surface area contributed by atoms with Gasteiger partial charge in [-0.25, -0.2) is 8.78 Å². The van der Waals surface area contributed by atoms with Crippen LogP contribution in [0.4, 0.5) is 8.78 Å². The van der Waals surface area contributed by atoms with Crippen molar-refractivity contribution in [3.05, 3.63) is 29.8 Å². The lowest BCUT2D eigenvalue weighted by Crippen LogP contribution is -2.48. The number of carbonyl (C=O) groups excluding carboxylic acids is 1. The number of aliphatic carboxylic acids is 1. The first-order valence-electron chi connectivity index (χ1n) is 6.05. The largest absolute Gasteiger partial charge is 0.481 e. The van der Waals surface area contributed by atoms with Crippen molar-refractivity contribution in [3.8, 4) is 5.75 Å². The number of benzene rings is 1. The van der Waals surface area contributed by atoms with Crippen LogP contribution in [0, 0.1) is 17.6 Å². The Hall–Kier alpha value is -2.18. The summed E-state index contributed by atoms with van der Waals surface area (Å²) in [5.41, 5.74) is 0. The summed E-state index contributed by atoms with van der Waals surface area (Å²) >= 11 is 0. The molecule has 1 aromatic carbocycles. The number of amides is 1. The molecule has 1 fully saturated rings. The Bertz CT molecular complexity index is 529. The van der Waals surface area contributed by atoms with Crippen LogP contribution in [0.2, 0.25) is 0 Å². The Balaban J connectivity index is 1.74. The van der Waals surface area contributed by atoms with E-state index in [4.69, 9.17) is 9.84 Å². The highest BCUT2D eigenvalue weighted by atomic mass is 19.1. The summed E-state index contributed by atoms with van der Waals surface area (Å²) in [5.74, 6) is -3.59. The lowest BCUT2D eigenvalue weighted by molar-refractivity contribution is -0.146. The summed E-state index contributed by atoms with van der Waals surface area (Å²) in [6, 6.07) is 2.60. The van der Waals surface area contributed by atoms with Gasteiger partial charge >= 0.3 is 5.97 Å². The zero-order valence-corrected chi connectivity index (χ0v) is 10.4.